The van der Waals surface area contributed by atoms with Crippen molar-refractivity contribution in [1.82, 2.24) is 14.9 Å². The number of hydrogen-bond donors (Lipinski definition) is 0. The van der Waals surface area contributed by atoms with E-state index < -0.39 is 0 Å². The molecule has 0 N–H and O–H groups in total. The summed E-state index contributed by atoms with van der Waals surface area (Å²) in [7, 11) is 0. The molecule has 0 saturated carbocycles. The van der Waals surface area contributed by atoms with Gasteiger partial charge in [0.25, 0.3) is 5.91 Å². The van der Waals surface area contributed by atoms with Crippen molar-refractivity contribution < 1.29 is 9.53 Å². The van der Waals surface area contributed by atoms with E-state index in [4.69, 9.17) is 4.74 Å². The van der Waals surface area contributed by atoms with Crippen molar-refractivity contribution in [3.63, 3.8) is 0 Å². The number of thiophene rings is 1. The summed E-state index contributed by atoms with van der Waals surface area (Å²) in [6, 6.07) is 3.60. The summed E-state index contributed by atoms with van der Waals surface area (Å²) in [5, 5.41) is 3.81. The van der Waals surface area contributed by atoms with Crippen molar-refractivity contribution in [3.8, 4) is 5.88 Å². The summed E-state index contributed by atoms with van der Waals surface area (Å²) < 4.78 is 5.81. The first-order chi connectivity index (χ1) is 9.83. The first kappa shape index (κ1) is 13.1. The van der Waals surface area contributed by atoms with E-state index in [0.29, 0.717) is 12.4 Å². The average Bonchev–Trinajstić information content (AvgIpc) is 3.02. The molecule has 3 heterocycles. The molecule has 2 aromatic heterocycles. The fraction of sp³-hybridized carbons (Fsp3) is 0.357. The zero-order valence-corrected chi connectivity index (χ0v) is 11.8. The van der Waals surface area contributed by atoms with Gasteiger partial charge in [-0.15, -0.1) is 0 Å². The van der Waals surface area contributed by atoms with Gasteiger partial charge in [0.1, 0.15) is 12.4 Å². The number of hydrogen-bond acceptors (Lipinski definition) is 5. The molecular weight excluding hydrogens is 274 g/mol. The number of carbonyl (C=O) groups excluding carboxylic acids is 1. The standard InChI is InChI=1S/C14H15N3O2S/c18-14(11-4-7-20-9-11)17-6-1-2-12(8-17)19-13-3-5-15-10-16-13/h3-5,7,9-10,12H,1-2,6,8H2/t12-/m1/s1. The molecule has 6 heteroatoms. The molecule has 0 spiro atoms. The minimum atomic E-state index is 0.00114. The summed E-state index contributed by atoms with van der Waals surface area (Å²) >= 11 is 1.54. The SMILES string of the molecule is O=C(c1ccsc1)N1CCC[C@@H](Oc2ccncn2)C1. The third-order valence-electron chi connectivity index (χ3n) is 3.28. The predicted octanol–water partition coefficient (Wildman–Crippen LogP) is 2.22. The Kier molecular flexibility index (Phi) is 3.92. The molecule has 1 atom stereocenters. The number of nitrogens with zero attached hydrogens (tertiary/aromatic N) is 3. The second-order valence-electron chi connectivity index (χ2n) is 4.69. The molecule has 1 aliphatic rings. The number of likely N-dealkylation sites (tertiary alicyclic amines) is 1. The van der Waals surface area contributed by atoms with E-state index in [1.54, 1.807) is 12.3 Å². The molecule has 5 nitrogen and oxygen atoms in total. The molecule has 20 heavy (non-hydrogen) atoms. The van der Waals surface area contributed by atoms with E-state index in [2.05, 4.69) is 9.97 Å². The zero-order chi connectivity index (χ0) is 13.8. The van der Waals surface area contributed by atoms with Crippen molar-refractivity contribution in [3.05, 3.63) is 41.0 Å². The Morgan fingerprint density at radius 1 is 1.45 bits per heavy atom. The number of piperidine rings is 1. The van der Waals surface area contributed by atoms with Crippen LogP contribution < -0.4 is 4.74 Å². The third kappa shape index (κ3) is 2.96. The summed E-state index contributed by atoms with van der Waals surface area (Å²) in [6.45, 7) is 1.40. The maximum absolute atomic E-state index is 12.3. The van der Waals surface area contributed by atoms with Crippen LogP contribution in [0.25, 0.3) is 0 Å². The number of rotatable bonds is 3. The maximum atomic E-state index is 12.3. The van der Waals surface area contributed by atoms with Crippen molar-refractivity contribution in [1.29, 1.82) is 0 Å². The molecule has 1 amide bonds. The van der Waals surface area contributed by atoms with E-state index in [-0.39, 0.29) is 12.0 Å². The molecule has 1 aliphatic heterocycles. The Labute approximate surface area is 121 Å². The first-order valence-electron chi connectivity index (χ1n) is 6.57. The van der Waals surface area contributed by atoms with Gasteiger partial charge in [0.05, 0.1) is 12.1 Å². The van der Waals surface area contributed by atoms with Gasteiger partial charge in [0.2, 0.25) is 5.88 Å². The zero-order valence-electron chi connectivity index (χ0n) is 10.9. The van der Waals surface area contributed by atoms with Gasteiger partial charge in [-0.2, -0.15) is 11.3 Å². The first-order valence-corrected chi connectivity index (χ1v) is 7.51. The highest BCUT2D eigenvalue weighted by atomic mass is 32.1. The Morgan fingerprint density at radius 3 is 3.15 bits per heavy atom. The molecule has 0 aromatic carbocycles. The Morgan fingerprint density at radius 2 is 2.40 bits per heavy atom. The topological polar surface area (TPSA) is 55.3 Å². The van der Waals surface area contributed by atoms with Crippen molar-refractivity contribution in [2.24, 2.45) is 0 Å². The fourth-order valence-corrected chi connectivity index (χ4v) is 2.94. The van der Waals surface area contributed by atoms with Crippen LogP contribution in [0.2, 0.25) is 0 Å². The molecule has 1 fully saturated rings. The van der Waals surface area contributed by atoms with Gasteiger partial charge >= 0.3 is 0 Å². The van der Waals surface area contributed by atoms with Crippen molar-refractivity contribution in [2.45, 2.75) is 18.9 Å². The lowest BCUT2D eigenvalue weighted by atomic mass is 10.1. The minimum absolute atomic E-state index is 0.00114. The third-order valence-corrected chi connectivity index (χ3v) is 3.96. The number of ether oxygens (including phenoxy) is 1. The summed E-state index contributed by atoms with van der Waals surface area (Å²) in [5.41, 5.74) is 0.762. The van der Waals surface area contributed by atoms with Crippen LogP contribution in [0.5, 0.6) is 5.88 Å². The summed E-state index contributed by atoms with van der Waals surface area (Å²) in [6.07, 6.45) is 5.01. The van der Waals surface area contributed by atoms with Crippen LogP contribution in [-0.4, -0.2) is 40.0 Å². The lowest BCUT2D eigenvalue weighted by Gasteiger charge is -2.32. The number of amides is 1. The normalized spacial score (nSPS) is 18.8. The van der Waals surface area contributed by atoms with Crippen LogP contribution >= 0.6 is 11.3 Å². The molecule has 104 valence electrons. The Hall–Kier alpha value is -1.95. The van der Waals surface area contributed by atoms with Gasteiger partial charge < -0.3 is 9.64 Å². The van der Waals surface area contributed by atoms with E-state index in [0.717, 1.165) is 24.9 Å². The van der Waals surface area contributed by atoms with Crippen LogP contribution in [0, 0.1) is 0 Å². The molecule has 3 rings (SSSR count). The molecule has 1 saturated heterocycles. The van der Waals surface area contributed by atoms with E-state index >= 15 is 0 Å². The van der Waals surface area contributed by atoms with Crippen LogP contribution in [0.4, 0.5) is 0 Å². The molecule has 2 aromatic rings. The molecular formula is C14H15N3O2S. The van der Waals surface area contributed by atoms with Crippen LogP contribution in [0.1, 0.15) is 23.2 Å². The molecule has 0 aliphatic carbocycles. The van der Waals surface area contributed by atoms with Crippen LogP contribution in [0.15, 0.2) is 35.4 Å². The molecule has 0 bridgehead atoms. The van der Waals surface area contributed by atoms with E-state index in [1.807, 2.05) is 21.7 Å². The molecule has 0 radical (unpaired) electrons. The minimum Gasteiger partial charge on any atom is -0.472 e. The fourth-order valence-electron chi connectivity index (χ4n) is 2.31. The Balaban J connectivity index is 1.63. The Bertz CT molecular complexity index is 559. The van der Waals surface area contributed by atoms with Gasteiger partial charge in [-0.05, 0) is 24.3 Å². The number of carbonyl (C=O) groups is 1. The lowest BCUT2D eigenvalue weighted by molar-refractivity contribution is 0.0528. The summed E-state index contributed by atoms with van der Waals surface area (Å²) in [5.74, 6) is 0.650. The van der Waals surface area contributed by atoms with Gasteiger partial charge in [-0.3, -0.25) is 4.79 Å². The monoisotopic (exact) mass is 289 g/mol. The van der Waals surface area contributed by atoms with Crippen molar-refractivity contribution in [2.75, 3.05) is 13.1 Å². The second-order valence-corrected chi connectivity index (χ2v) is 5.47. The van der Waals surface area contributed by atoms with Crippen LogP contribution in [-0.2, 0) is 0 Å². The van der Waals surface area contributed by atoms with Crippen molar-refractivity contribution >= 4 is 17.2 Å². The van der Waals surface area contributed by atoms with Crippen LogP contribution in [0.3, 0.4) is 0 Å². The maximum Gasteiger partial charge on any atom is 0.254 e. The van der Waals surface area contributed by atoms with Gasteiger partial charge in [0.15, 0.2) is 0 Å². The summed E-state index contributed by atoms with van der Waals surface area (Å²) in [4.78, 5) is 22.1. The largest absolute Gasteiger partial charge is 0.472 e. The van der Waals surface area contributed by atoms with E-state index in [1.165, 1.54) is 17.7 Å². The smallest absolute Gasteiger partial charge is 0.254 e. The highest BCUT2D eigenvalue weighted by molar-refractivity contribution is 7.08. The van der Waals surface area contributed by atoms with Gasteiger partial charge in [-0.25, -0.2) is 9.97 Å². The average molecular weight is 289 g/mol. The highest BCUT2D eigenvalue weighted by Crippen LogP contribution is 2.18. The van der Waals surface area contributed by atoms with Gasteiger partial charge in [0, 0.05) is 24.2 Å². The highest BCUT2D eigenvalue weighted by Gasteiger charge is 2.26. The van der Waals surface area contributed by atoms with E-state index in [9.17, 15) is 4.79 Å². The second kappa shape index (κ2) is 6.00. The van der Waals surface area contributed by atoms with Gasteiger partial charge in [-0.1, -0.05) is 0 Å². The number of aromatic nitrogens is 2. The molecule has 0 unspecified atom stereocenters. The lowest BCUT2D eigenvalue weighted by Crippen LogP contribution is -2.44. The quantitative estimate of drug-likeness (QED) is 0.869. The predicted molar refractivity (Wildman–Crippen MR) is 75.9 cm³/mol.